The first-order chi connectivity index (χ1) is 12.3. The van der Waals surface area contributed by atoms with Crippen LogP contribution in [0.3, 0.4) is 0 Å². The maximum Gasteiger partial charge on any atom is 0.245 e. The molecular weight excluding hydrogens is 328 g/mol. The van der Waals surface area contributed by atoms with Crippen molar-refractivity contribution in [3.05, 3.63) is 25.4 Å². The van der Waals surface area contributed by atoms with Crippen LogP contribution in [-0.2, 0) is 9.59 Å². The molecule has 1 aliphatic heterocycles. The number of likely N-dealkylation sites (tertiary alicyclic amines) is 1. The largest absolute Gasteiger partial charge is 0.391 e. The molecule has 2 atom stereocenters. The molecule has 0 aliphatic carbocycles. The van der Waals surface area contributed by atoms with E-state index in [4.69, 9.17) is 5.73 Å². The number of nitrogens with two attached hydrogens (primary N) is 1. The number of hydrogen-bond donors (Lipinski definition) is 2. The summed E-state index contributed by atoms with van der Waals surface area (Å²) in [6.45, 7) is 14.5. The fourth-order valence-corrected chi connectivity index (χ4v) is 4.10. The maximum absolute atomic E-state index is 12.1. The second kappa shape index (κ2) is 10.4. The number of carbonyl (C=O) groups excluding carboxylic acids is 2. The van der Waals surface area contributed by atoms with Crippen LogP contribution in [0.4, 0.5) is 0 Å². The molecule has 2 amide bonds. The molecule has 0 saturated carbocycles. The Hall–Kier alpha value is -1.82. The normalized spacial score (nSPS) is 21.5. The Morgan fingerprint density at radius 3 is 2.58 bits per heavy atom. The van der Waals surface area contributed by atoms with Crippen molar-refractivity contribution in [2.24, 2.45) is 17.1 Å². The van der Waals surface area contributed by atoms with Crippen LogP contribution in [0.2, 0.25) is 0 Å². The highest BCUT2D eigenvalue weighted by Gasteiger charge is 2.37. The van der Waals surface area contributed by atoms with Crippen LogP contribution in [0.25, 0.3) is 0 Å². The number of amides is 2. The second-order valence-corrected chi connectivity index (χ2v) is 7.80. The fraction of sp³-hybridized carbons (Fsp3) is 0.700. The molecule has 6 nitrogen and oxygen atoms in total. The van der Waals surface area contributed by atoms with Gasteiger partial charge >= 0.3 is 0 Å². The van der Waals surface area contributed by atoms with Crippen LogP contribution in [0.5, 0.6) is 0 Å². The zero-order valence-corrected chi connectivity index (χ0v) is 16.7. The average Bonchev–Trinajstić information content (AvgIpc) is 2.59. The molecule has 0 spiro atoms. The van der Waals surface area contributed by atoms with Gasteiger partial charge in [-0.2, -0.15) is 0 Å². The van der Waals surface area contributed by atoms with Gasteiger partial charge in [-0.05, 0) is 62.9 Å². The minimum absolute atomic E-state index is 0.00342. The van der Waals surface area contributed by atoms with Crippen LogP contribution in [-0.4, -0.2) is 60.9 Å². The lowest BCUT2D eigenvalue weighted by atomic mass is 9.74. The van der Waals surface area contributed by atoms with Crippen molar-refractivity contribution in [1.29, 1.82) is 0 Å². The van der Waals surface area contributed by atoms with Crippen molar-refractivity contribution in [3.63, 3.8) is 0 Å². The Balaban J connectivity index is 2.85. The molecule has 0 aromatic heterocycles. The number of hydrogen-bond acceptors (Lipinski definition) is 4. The predicted octanol–water partition coefficient (Wildman–Crippen LogP) is 1.74. The first-order valence-electron chi connectivity index (χ1n) is 9.51. The molecular formula is C20H36N4O2. The molecule has 3 N–H and O–H groups in total. The van der Waals surface area contributed by atoms with Gasteiger partial charge in [0.25, 0.3) is 0 Å². The van der Waals surface area contributed by atoms with E-state index in [1.165, 1.54) is 6.08 Å². The lowest BCUT2D eigenvalue weighted by Gasteiger charge is -2.44. The van der Waals surface area contributed by atoms with Gasteiger partial charge in [0.05, 0.1) is 6.04 Å². The molecule has 0 aromatic carbocycles. The van der Waals surface area contributed by atoms with Crippen molar-refractivity contribution in [2.45, 2.75) is 45.6 Å². The quantitative estimate of drug-likeness (QED) is 0.432. The number of nitrogens with one attached hydrogen (secondary N) is 1. The Labute approximate surface area is 158 Å². The standard InChI is InChI=1S/C20H36N4O2/c1-6-17(25)24-13-8-9-20(15-24,10-12-22-7-2)11-14-23(5)18(16(3)4)19(21)26/h6-7,16,18,22H,1-2,8-15H2,3-5H3,(H2,21,26). The third-order valence-corrected chi connectivity index (χ3v) is 5.48. The Kier molecular flexibility index (Phi) is 8.85. The average molecular weight is 365 g/mol. The highest BCUT2D eigenvalue weighted by Crippen LogP contribution is 2.37. The summed E-state index contributed by atoms with van der Waals surface area (Å²) in [5, 5.41) is 3.18. The van der Waals surface area contributed by atoms with E-state index in [-0.39, 0.29) is 29.2 Å². The van der Waals surface area contributed by atoms with Gasteiger partial charge in [0.15, 0.2) is 0 Å². The number of likely N-dealkylation sites (N-methyl/N-ethyl adjacent to an activating group) is 1. The molecule has 1 saturated heterocycles. The molecule has 0 radical (unpaired) electrons. The molecule has 2 unspecified atom stereocenters. The van der Waals surface area contributed by atoms with Crippen LogP contribution >= 0.6 is 0 Å². The molecule has 148 valence electrons. The van der Waals surface area contributed by atoms with Gasteiger partial charge < -0.3 is 16.0 Å². The topological polar surface area (TPSA) is 78.7 Å². The molecule has 6 heteroatoms. The predicted molar refractivity (Wildman–Crippen MR) is 106 cm³/mol. The van der Waals surface area contributed by atoms with Crippen LogP contribution in [0, 0.1) is 11.3 Å². The molecule has 1 rings (SSSR count). The minimum atomic E-state index is -0.281. The first-order valence-corrected chi connectivity index (χ1v) is 9.51. The Morgan fingerprint density at radius 2 is 2.04 bits per heavy atom. The molecule has 0 bridgehead atoms. The minimum Gasteiger partial charge on any atom is -0.391 e. The van der Waals surface area contributed by atoms with Gasteiger partial charge in [0.1, 0.15) is 0 Å². The van der Waals surface area contributed by atoms with Crippen molar-refractivity contribution >= 4 is 11.8 Å². The van der Waals surface area contributed by atoms with E-state index in [1.807, 2.05) is 25.8 Å². The molecule has 1 heterocycles. The van der Waals surface area contributed by atoms with E-state index in [1.54, 1.807) is 6.20 Å². The van der Waals surface area contributed by atoms with E-state index in [0.717, 1.165) is 51.9 Å². The van der Waals surface area contributed by atoms with Crippen LogP contribution in [0.1, 0.15) is 39.5 Å². The molecule has 26 heavy (non-hydrogen) atoms. The Bertz CT molecular complexity index is 506. The molecule has 1 aliphatic rings. The van der Waals surface area contributed by atoms with E-state index in [9.17, 15) is 9.59 Å². The van der Waals surface area contributed by atoms with Gasteiger partial charge in [-0.3, -0.25) is 14.5 Å². The second-order valence-electron chi connectivity index (χ2n) is 7.80. The summed E-state index contributed by atoms with van der Waals surface area (Å²) in [4.78, 5) is 27.9. The SMILES string of the molecule is C=CNCCC1(CCN(C)C(C(N)=O)C(C)C)CCCN(C(=O)C=C)C1. The van der Waals surface area contributed by atoms with Crippen molar-refractivity contribution in [3.8, 4) is 0 Å². The summed E-state index contributed by atoms with van der Waals surface area (Å²) in [5.74, 6) is -0.116. The van der Waals surface area contributed by atoms with E-state index >= 15 is 0 Å². The van der Waals surface area contributed by atoms with Crippen LogP contribution < -0.4 is 11.1 Å². The van der Waals surface area contributed by atoms with Gasteiger partial charge in [-0.25, -0.2) is 0 Å². The van der Waals surface area contributed by atoms with Crippen LogP contribution in [0.15, 0.2) is 25.4 Å². The van der Waals surface area contributed by atoms with E-state index < -0.39 is 0 Å². The summed E-state index contributed by atoms with van der Waals surface area (Å²) in [6.07, 6.45) is 7.03. The van der Waals surface area contributed by atoms with Crippen molar-refractivity contribution < 1.29 is 9.59 Å². The van der Waals surface area contributed by atoms with Gasteiger partial charge in [0, 0.05) is 19.6 Å². The third-order valence-electron chi connectivity index (χ3n) is 5.48. The highest BCUT2D eigenvalue weighted by molar-refractivity contribution is 5.87. The van der Waals surface area contributed by atoms with E-state index in [0.29, 0.717) is 0 Å². The number of piperidine rings is 1. The Morgan fingerprint density at radius 1 is 1.35 bits per heavy atom. The fourth-order valence-electron chi connectivity index (χ4n) is 4.10. The molecule has 1 fully saturated rings. The maximum atomic E-state index is 12.1. The zero-order chi connectivity index (χ0) is 19.7. The van der Waals surface area contributed by atoms with E-state index in [2.05, 4.69) is 23.4 Å². The summed E-state index contributed by atoms with van der Waals surface area (Å²) in [5.41, 5.74) is 5.62. The number of nitrogens with zero attached hydrogens (tertiary/aromatic N) is 2. The summed E-state index contributed by atoms with van der Waals surface area (Å²) in [7, 11) is 1.96. The lowest BCUT2D eigenvalue weighted by Crippen LogP contribution is -2.50. The van der Waals surface area contributed by atoms with Crippen molar-refractivity contribution in [2.75, 3.05) is 33.2 Å². The van der Waals surface area contributed by atoms with Crippen molar-refractivity contribution in [1.82, 2.24) is 15.1 Å². The smallest absolute Gasteiger partial charge is 0.245 e. The van der Waals surface area contributed by atoms with Gasteiger partial charge in [-0.1, -0.05) is 27.0 Å². The zero-order valence-electron chi connectivity index (χ0n) is 16.7. The molecule has 0 aromatic rings. The number of carbonyl (C=O) groups is 2. The van der Waals surface area contributed by atoms with Gasteiger partial charge in [0.2, 0.25) is 11.8 Å². The summed E-state index contributed by atoms with van der Waals surface area (Å²) < 4.78 is 0. The lowest BCUT2D eigenvalue weighted by molar-refractivity contribution is -0.129. The number of rotatable bonds is 11. The monoisotopic (exact) mass is 364 g/mol. The van der Waals surface area contributed by atoms with Gasteiger partial charge in [-0.15, -0.1) is 0 Å². The third kappa shape index (κ3) is 6.16. The summed E-state index contributed by atoms with van der Waals surface area (Å²) >= 11 is 0. The highest BCUT2D eigenvalue weighted by atomic mass is 16.2. The first kappa shape index (κ1) is 22.2. The number of primary amides is 1. The summed E-state index contributed by atoms with van der Waals surface area (Å²) in [6, 6.07) is -0.271.